The molecule has 0 spiro atoms. The monoisotopic (exact) mass is 816 g/mol. The van der Waals surface area contributed by atoms with Crippen LogP contribution in [0.3, 0.4) is 0 Å². The third-order valence-electron chi connectivity index (χ3n) is 7.81. The molecule has 4 nitrogen and oxygen atoms in total. The van der Waals surface area contributed by atoms with Gasteiger partial charge in [-0.1, -0.05) is 101 Å². The smallest absolute Gasteiger partial charge is 0.124 e. The molecule has 4 heterocycles. The fraction of sp³-hybridized carbons (Fsp3) is 0.233. The number of benzene rings is 3. The van der Waals surface area contributed by atoms with Crippen LogP contribution in [0.25, 0.3) is 44.5 Å². The standard InChI is InChI=1S/C30H29N2O.C13H12N.Ir/c1-29(2,3)19-20-13-15-31-24(17-20)21-11-12-25-23(18-21)27-26(33-25)14-16-32-28(27)30(4,5)22-9-7-6-8-10-22;1-10-3-6-12(7-4-10)13-8-5-11(2)9-14-13;/h6-10,12-18H,19H2,1-5H3;3-6,8-9H,1-2H3;/q2*-1;/i19D2;1D3,2D3;. The number of aromatic nitrogens is 3. The van der Waals surface area contributed by atoms with Crippen LogP contribution in [0.2, 0.25) is 0 Å². The molecule has 0 saturated carbocycles. The van der Waals surface area contributed by atoms with E-state index < -0.39 is 25.5 Å². The first kappa shape index (κ1) is 25.6. The van der Waals surface area contributed by atoms with Crippen molar-refractivity contribution in [2.24, 2.45) is 5.41 Å². The van der Waals surface area contributed by atoms with E-state index in [2.05, 4.69) is 48.1 Å². The molecule has 0 aliphatic carbocycles. The summed E-state index contributed by atoms with van der Waals surface area (Å²) in [6.45, 7) is 5.74. The average molecular weight is 816 g/mol. The van der Waals surface area contributed by atoms with Gasteiger partial charge in [-0.25, -0.2) is 0 Å². The molecule has 0 aliphatic heterocycles. The fourth-order valence-electron chi connectivity index (χ4n) is 5.51. The first-order valence-corrected chi connectivity index (χ1v) is 15.4. The third-order valence-corrected chi connectivity index (χ3v) is 7.81. The molecule has 48 heavy (non-hydrogen) atoms. The molecule has 1 radical (unpaired) electrons. The molecule has 5 heteroatoms. The van der Waals surface area contributed by atoms with Crippen LogP contribution in [-0.4, -0.2) is 15.0 Å². The molecular weight excluding hydrogens is 767 g/mol. The van der Waals surface area contributed by atoms with Gasteiger partial charge in [0.05, 0.1) is 11.3 Å². The van der Waals surface area contributed by atoms with Crippen LogP contribution in [0.1, 0.15) is 73.5 Å². The summed E-state index contributed by atoms with van der Waals surface area (Å²) in [7, 11) is 0. The van der Waals surface area contributed by atoms with Crippen molar-refractivity contribution < 1.29 is 35.5 Å². The molecule has 0 N–H and O–H groups in total. The van der Waals surface area contributed by atoms with Gasteiger partial charge >= 0.3 is 0 Å². The zero-order valence-electron chi connectivity index (χ0n) is 35.5. The summed E-state index contributed by atoms with van der Waals surface area (Å²) in [5.41, 5.74) is 6.38. The predicted octanol–water partition coefficient (Wildman–Crippen LogP) is 10.9. The summed E-state index contributed by atoms with van der Waals surface area (Å²) in [5.74, 6) is 0. The van der Waals surface area contributed by atoms with E-state index in [0.717, 1.165) is 33.2 Å². The van der Waals surface area contributed by atoms with E-state index in [4.69, 9.17) is 20.4 Å². The quantitative estimate of drug-likeness (QED) is 0.162. The van der Waals surface area contributed by atoms with Crippen molar-refractivity contribution in [2.45, 2.75) is 60.1 Å². The summed E-state index contributed by atoms with van der Waals surface area (Å²) in [6.07, 6.45) is 3.27. The second-order valence-electron chi connectivity index (χ2n) is 13.0. The van der Waals surface area contributed by atoms with Crippen LogP contribution in [0.5, 0.6) is 0 Å². The molecule has 0 atom stereocenters. The van der Waals surface area contributed by atoms with Gasteiger partial charge in [0.1, 0.15) is 5.58 Å². The van der Waals surface area contributed by atoms with E-state index in [1.807, 2.05) is 63.2 Å². The number of furan rings is 1. The van der Waals surface area contributed by atoms with Crippen LogP contribution in [0.15, 0.2) is 114 Å². The van der Waals surface area contributed by atoms with Gasteiger partial charge in [0.25, 0.3) is 0 Å². The maximum atomic E-state index is 8.68. The SMILES string of the molecule is [2H]C([2H])([2H])c1c[c-]c(-c2ccc(C([2H])([2H])[2H])cn2)cc1.[2H]C([2H])(c1ccnc(-c2[c-]cc3oc4ccnc(C(C)(C)c5ccccc5)c4c3c2)c1)C(C)(C)C.[Ir]. The number of fused-ring (bicyclic) bond motifs is 3. The number of pyridine rings is 3. The third kappa shape index (κ3) is 7.81. The van der Waals surface area contributed by atoms with Gasteiger partial charge in [-0.2, -0.15) is 0 Å². The van der Waals surface area contributed by atoms with Gasteiger partial charge in [0, 0.05) is 60.5 Å². The molecule has 0 bridgehead atoms. The minimum absolute atomic E-state index is 0. The number of hydrogen-bond donors (Lipinski definition) is 0. The van der Waals surface area contributed by atoms with Gasteiger partial charge in [-0.15, -0.1) is 59.2 Å². The first-order valence-electron chi connectivity index (χ1n) is 19.4. The Hall–Kier alpha value is -4.44. The molecule has 7 aromatic rings. The Morgan fingerprint density at radius 3 is 2.17 bits per heavy atom. The summed E-state index contributed by atoms with van der Waals surface area (Å²) in [5, 5.41) is 1.93. The van der Waals surface area contributed by atoms with Gasteiger partial charge in [-0.3, -0.25) is 4.98 Å². The molecule has 0 aliphatic rings. The van der Waals surface area contributed by atoms with E-state index in [1.54, 1.807) is 30.6 Å². The summed E-state index contributed by atoms with van der Waals surface area (Å²) >= 11 is 0. The van der Waals surface area contributed by atoms with Crippen molar-refractivity contribution in [1.82, 2.24) is 15.0 Å². The molecule has 0 saturated heterocycles. The predicted molar refractivity (Wildman–Crippen MR) is 193 cm³/mol. The minimum atomic E-state index is -2.18. The fourth-order valence-corrected chi connectivity index (χ4v) is 5.51. The summed E-state index contributed by atoms with van der Waals surface area (Å²) in [6, 6.07) is 33.5. The van der Waals surface area contributed by atoms with E-state index in [9.17, 15) is 0 Å². The van der Waals surface area contributed by atoms with E-state index >= 15 is 0 Å². The number of nitrogens with zero attached hydrogens (tertiary/aromatic N) is 3. The van der Waals surface area contributed by atoms with Crippen LogP contribution < -0.4 is 0 Å². The molecule has 0 fully saturated rings. The number of hydrogen-bond acceptors (Lipinski definition) is 4. The van der Waals surface area contributed by atoms with E-state index in [1.165, 1.54) is 30.0 Å². The number of aryl methyl sites for hydroxylation is 2. The first-order chi connectivity index (χ1) is 25.7. The maximum Gasteiger partial charge on any atom is 0.124 e. The van der Waals surface area contributed by atoms with E-state index in [0.29, 0.717) is 22.5 Å². The van der Waals surface area contributed by atoms with Crippen molar-refractivity contribution in [3.63, 3.8) is 0 Å². The van der Waals surface area contributed by atoms with Crippen molar-refractivity contribution in [3.8, 4) is 22.5 Å². The van der Waals surface area contributed by atoms with Crippen molar-refractivity contribution >= 4 is 21.9 Å². The van der Waals surface area contributed by atoms with Crippen LogP contribution in [0, 0.1) is 31.3 Å². The van der Waals surface area contributed by atoms with Gasteiger partial charge in [0.15, 0.2) is 0 Å². The Morgan fingerprint density at radius 1 is 0.729 bits per heavy atom. The van der Waals surface area contributed by atoms with Crippen molar-refractivity contribution in [3.05, 3.63) is 150 Å². The van der Waals surface area contributed by atoms with Crippen LogP contribution >= 0.6 is 0 Å². The normalized spacial score (nSPS) is 14.9. The molecule has 3 aromatic carbocycles. The molecule has 7 rings (SSSR count). The molecule has 245 valence electrons. The van der Waals surface area contributed by atoms with Crippen molar-refractivity contribution in [2.75, 3.05) is 0 Å². The largest absolute Gasteiger partial charge is 0.500 e. The Labute approximate surface area is 309 Å². The van der Waals surface area contributed by atoms with Crippen molar-refractivity contribution in [1.29, 1.82) is 0 Å². The molecule has 0 amide bonds. The summed E-state index contributed by atoms with van der Waals surface area (Å²) < 4.78 is 67.2. The van der Waals surface area contributed by atoms with Gasteiger partial charge in [0.2, 0.25) is 0 Å². The zero-order valence-corrected chi connectivity index (χ0v) is 29.9. The molecule has 0 unspecified atom stereocenters. The van der Waals surface area contributed by atoms with Gasteiger partial charge < -0.3 is 14.4 Å². The topological polar surface area (TPSA) is 51.8 Å². The Morgan fingerprint density at radius 2 is 1.48 bits per heavy atom. The second-order valence-corrected chi connectivity index (χ2v) is 13.0. The number of rotatable bonds is 5. The average Bonchev–Trinajstić information content (AvgIpc) is 3.53. The Balaban J connectivity index is 0.000000244. The summed E-state index contributed by atoms with van der Waals surface area (Å²) in [4.78, 5) is 13.4. The Bertz CT molecular complexity index is 2380. The van der Waals surface area contributed by atoms with Gasteiger partial charge in [-0.05, 0) is 53.3 Å². The van der Waals surface area contributed by atoms with Crippen LogP contribution in [-0.2, 0) is 31.9 Å². The van der Waals surface area contributed by atoms with Crippen LogP contribution in [0.4, 0.5) is 0 Å². The second kappa shape index (κ2) is 14.4. The Kier molecular flexibility index (Phi) is 7.64. The molecular formula is C43H41IrN3O-2. The van der Waals surface area contributed by atoms with E-state index in [-0.39, 0.29) is 36.6 Å². The zero-order chi connectivity index (χ0) is 40.0. The molecule has 4 aromatic heterocycles. The minimum Gasteiger partial charge on any atom is -0.500 e. The maximum absolute atomic E-state index is 8.68.